The molecule has 0 saturated carbocycles. The lowest BCUT2D eigenvalue weighted by atomic mass is 10.1. The quantitative estimate of drug-likeness (QED) is 0.747. The summed E-state index contributed by atoms with van der Waals surface area (Å²) >= 11 is 5.84. The van der Waals surface area contributed by atoms with E-state index in [2.05, 4.69) is 15.3 Å². The van der Waals surface area contributed by atoms with Gasteiger partial charge >= 0.3 is 0 Å². The molecule has 1 N–H and O–H groups in total. The molecule has 0 aliphatic carbocycles. The Morgan fingerprint density at radius 2 is 2.07 bits per heavy atom. The smallest absolute Gasteiger partial charge is 0.256 e. The maximum Gasteiger partial charge on any atom is 0.256 e. The van der Waals surface area contributed by atoms with E-state index in [9.17, 15) is 4.79 Å². The first kappa shape index (κ1) is 11.9. The van der Waals surface area contributed by atoms with Gasteiger partial charge in [0.1, 0.15) is 11.0 Å². The summed E-state index contributed by atoms with van der Waals surface area (Å²) in [5.74, 6) is 0.291. The first-order valence-corrected chi connectivity index (χ1v) is 4.99. The second-order valence-electron chi connectivity index (χ2n) is 4.33. The summed E-state index contributed by atoms with van der Waals surface area (Å²) in [6, 6.07) is 0. The molecule has 1 amide bonds. The number of nitrogens with zero attached hydrogens (tertiary/aromatic N) is 2. The summed E-state index contributed by atoms with van der Waals surface area (Å²) in [5.41, 5.74) is 0.00266. The number of carbonyl (C=O) groups excluding carboxylic acids is 1. The molecule has 0 aliphatic heterocycles. The van der Waals surface area contributed by atoms with Crippen LogP contribution in [0.4, 0.5) is 0 Å². The summed E-state index contributed by atoms with van der Waals surface area (Å²) < 4.78 is 0. The van der Waals surface area contributed by atoms with Crippen molar-refractivity contribution in [2.75, 3.05) is 0 Å². The Labute approximate surface area is 94.1 Å². The molecular weight excluding hydrogens is 214 g/mol. The predicted molar refractivity (Wildman–Crippen MR) is 59.0 cm³/mol. The van der Waals surface area contributed by atoms with Crippen molar-refractivity contribution in [2.45, 2.75) is 33.2 Å². The summed E-state index contributed by atoms with van der Waals surface area (Å²) in [6.07, 6.45) is 1.44. The molecule has 15 heavy (non-hydrogen) atoms. The maximum atomic E-state index is 11.7. The molecule has 1 heterocycles. The average Bonchev–Trinajstić information content (AvgIpc) is 1.99. The topological polar surface area (TPSA) is 54.9 Å². The fourth-order valence-electron chi connectivity index (χ4n) is 1.00. The Balaban J connectivity index is 2.92. The van der Waals surface area contributed by atoms with E-state index in [1.165, 1.54) is 6.20 Å². The molecule has 5 heteroatoms. The number of halogens is 1. The molecule has 0 atom stereocenters. The van der Waals surface area contributed by atoms with E-state index in [0.29, 0.717) is 11.4 Å². The van der Waals surface area contributed by atoms with Crippen LogP contribution in [0.1, 0.15) is 37.0 Å². The Bertz CT molecular complexity index is 385. The molecule has 1 aromatic heterocycles. The molecule has 4 nitrogen and oxygen atoms in total. The van der Waals surface area contributed by atoms with E-state index in [0.717, 1.165) is 0 Å². The van der Waals surface area contributed by atoms with Gasteiger partial charge in [-0.05, 0) is 27.7 Å². The zero-order chi connectivity index (χ0) is 11.6. The molecule has 82 valence electrons. The third kappa shape index (κ3) is 3.47. The maximum absolute atomic E-state index is 11.7. The van der Waals surface area contributed by atoms with Crippen LogP contribution in [0.15, 0.2) is 6.20 Å². The Morgan fingerprint density at radius 3 is 2.53 bits per heavy atom. The first-order valence-electron chi connectivity index (χ1n) is 4.61. The normalized spacial score (nSPS) is 11.3. The van der Waals surface area contributed by atoms with Crippen molar-refractivity contribution in [3.8, 4) is 0 Å². The number of hydrogen-bond donors (Lipinski definition) is 1. The number of rotatable bonds is 1. The highest BCUT2D eigenvalue weighted by molar-refractivity contribution is 6.32. The van der Waals surface area contributed by atoms with Crippen molar-refractivity contribution < 1.29 is 4.79 Å². The van der Waals surface area contributed by atoms with E-state index in [1.54, 1.807) is 6.92 Å². The summed E-state index contributed by atoms with van der Waals surface area (Å²) in [7, 11) is 0. The lowest BCUT2D eigenvalue weighted by molar-refractivity contribution is 0.0919. The Morgan fingerprint density at radius 1 is 1.47 bits per heavy atom. The molecule has 1 aromatic rings. The minimum Gasteiger partial charge on any atom is -0.347 e. The van der Waals surface area contributed by atoms with E-state index in [1.807, 2.05) is 20.8 Å². The highest BCUT2D eigenvalue weighted by Crippen LogP contribution is 2.12. The van der Waals surface area contributed by atoms with Crippen LogP contribution in [-0.4, -0.2) is 21.4 Å². The van der Waals surface area contributed by atoms with Gasteiger partial charge in [-0.25, -0.2) is 9.97 Å². The van der Waals surface area contributed by atoms with Crippen molar-refractivity contribution in [2.24, 2.45) is 0 Å². The summed E-state index contributed by atoms with van der Waals surface area (Å²) in [4.78, 5) is 19.6. The van der Waals surface area contributed by atoms with Crippen LogP contribution in [0.3, 0.4) is 0 Å². The third-order valence-corrected chi connectivity index (χ3v) is 1.88. The number of nitrogens with one attached hydrogen (secondary N) is 1. The monoisotopic (exact) mass is 227 g/mol. The molecule has 1 rings (SSSR count). The van der Waals surface area contributed by atoms with Crippen molar-refractivity contribution in [3.63, 3.8) is 0 Å². The summed E-state index contributed by atoms with van der Waals surface area (Å²) in [5, 5.41) is 2.98. The van der Waals surface area contributed by atoms with Gasteiger partial charge in [0.2, 0.25) is 0 Å². The molecule has 0 bridgehead atoms. The molecule has 0 fully saturated rings. The van der Waals surface area contributed by atoms with Gasteiger partial charge in [-0.15, -0.1) is 0 Å². The largest absolute Gasteiger partial charge is 0.347 e. The van der Waals surface area contributed by atoms with Crippen LogP contribution >= 0.6 is 11.6 Å². The predicted octanol–water partition coefficient (Wildman–Crippen LogP) is 1.97. The van der Waals surface area contributed by atoms with Gasteiger partial charge in [0.25, 0.3) is 5.91 Å². The van der Waals surface area contributed by atoms with Gasteiger partial charge in [0.15, 0.2) is 0 Å². The number of aromatic nitrogens is 2. The van der Waals surface area contributed by atoms with E-state index in [-0.39, 0.29) is 16.6 Å². The molecule has 0 radical (unpaired) electrons. The fourth-order valence-corrected chi connectivity index (χ4v) is 1.26. The van der Waals surface area contributed by atoms with E-state index < -0.39 is 0 Å². The lowest BCUT2D eigenvalue weighted by Gasteiger charge is -2.20. The number of amides is 1. The second-order valence-corrected chi connectivity index (χ2v) is 4.68. The summed E-state index contributed by atoms with van der Waals surface area (Å²) in [6.45, 7) is 7.41. The van der Waals surface area contributed by atoms with Crippen LogP contribution in [0, 0.1) is 6.92 Å². The number of aryl methyl sites for hydroxylation is 1. The molecule has 0 aliphatic rings. The van der Waals surface area contributed by atoms with E-state index in [4.69, 9.17) is 11.6 Å². The SMILES string of the molecule is Cc1ncc(C(=O)NC(C)(C)C)c(Cl)n1. The van der Waals surface area contributed by atoms with Gasteiger partial charge in [0, 0.05) is 11.7 Å². The Kier molecular flexibility index (Phi) is 3.29. The van der Waals surface area contributed by atoms with Crippen LogP contribution < -0.4 is 5.32 Å². The highest BCUT2D eigenvalue weighted by Gasteiger charge is 2.18. The van der Waals surface area contributed by atoms with Crippen molar-refractivity contribution in [1.82, 2.24) is 15.3 Å². The standard InChI is InChI=1S/C10H14ClN3O/c1-6-12-5-7(8(11)13-6)9(15)14-10(2,3)4/h5H,1-4H3,(H,14,15). The molecule has 0 unspecified atom stereocenters. The lowest BCUT2D eigenvalue weighted by Crippen LogP contribution is -2.40. The number of hydrogen-bond acceptors (Lipinski definition) is 3. The third-order valence-electron chi connectivity index (χ3n) is 1.60. The van der Waals surface area contributed by atoms with Crippen molar-refractivity contribution >= 4 is 17.5 Å². The van der Waals surface area contributed by atoms with Crippen molar-refractivity contribution in [1.29, 1.82) is 0 Å². The van der Waals surface area contributed by atoms with Crippen LogP contribution in [0.2, 0.25) is 5.15 Å². The fraction of sp³-hybridized carbons (Fsp3) is 0.500. The zero-order valence-electron chi connectivity index (χ0n) is 9.26. The molecular formula is C10H14ClN3O. The average molecular weight is 228 g/mol. The van der Waals surface area contributed by atoms with Crippen LogP contribution in [-0.2, 0) is 0 Å². The highest BCUT2D eigenvalue weighted by atomic mass is 35.5. The minimum absolute atomic E-state index is 0.184. The van der Waals surface area contributed by atoms with Gasteiger partial charge < -0.3 is 5.32 Å². The van der Waals surface area contributed by atoms with Crippen LogP contribution in [0.25, 0.3) is 0 Å². The molecule has 0 aromatic carbocycles. The minimum atomic E-state index is -0.300. The van der Waals surface area contributed by atoms with Gasteiger partial charge in [-0.1, -0.05) is 11.6 Å². The second kappa shape index (κ2) is 4.14. The Hall–Kier alpha value is -1.16. The van der Waals surface area contributed by atoms with E-state index >= 15 is 0 Å². The molecule has 0 saturated heterocycles. The first-order chi connectivity index (χ1) is 6.79. The van der Waals surface area contributed by atoms with Gasteiger partial charge in [-0.2, -0.15) is 0 Å². The van der Waals surface area contributed by atoms with Gasteiger partial charge in [-0.3, -0.25) is 4.79 Å². The molecule has 0 spiro atoms. The van der Waals surface area contributed by atoms with Crippen LogP contribution in [0.5, 0.6) is 0 Å². The number of carbonyl (C=O) groups is 1. The zero-order valence-corrected chi connectivity index (χ0v) is 10.0. The van der Waals surface area contributed by atoms with Crippen molar-refractivity contribution in [3.05, 3.63) is 22.7 Å². The van der Waals surface area contributed by atoms with Gasteiger partial charge in [0.05, 0.1) is 5.56 Å².